The second-order valence-electron chi connectivity index (χ2n) is 8.87. The molecule has 0 saturated carbocycles. The molecule has 11 nitrogen and oxygen atoms in total. The number of methoxy groups -OCH3 is 2. The van der Waals surface area contributed by atoms with Crippen LogP contribution in [0.1, 0.15) is 32.3 Å². The number of carbonyl (C=O) groups excluding carboxylic acids is 4. The Balaban J connectivity index is 1.80. The number of fused-ring (bicyclic) bond motifs is 1. The van der Waals surface area contributed by atoms with E-state index in [1.54, 1.807) is 38.1 Å². The van der Waals surface area contributed by atoms with Crippen molar-refractivity contribution in [3.8, 4) is 11.5 Å². The van der Waals surface area contributed by atoms with E-state index in [2.05, 4.69) is 0 Å². The van der Waals surface area contributed by atoms with Crippen LogP contribution in [-0.2, 0) is 44.5 Å². The van der Waals surface area contributed by atoms with E-state index < -0.39 is 40.9 Å². The molecule has 11 heteroatoms. The predicted octanol–water partition coefficient (Wildman–Crippen LogP) is 1.56. The van der Waals surface area contributed by atoms with Crippen molar-refractivity contribution in [2.24, 2.45) is 5.41 Å². The average Bonchev–Trinajstić information content (AvgIpc) is 3.43. The lowest BCUT2D eigenvalue weighted by Gasteiger charge is -2.40. The number of rotatable bonds is 9. The third-order valence-electron chi connectivity index (χ3n) is 6.82. The summed E-state index contributed by atoms with van der Waals surface area (Å²) < 4.78 is 32.8. The summed E-state index contributed by atoms with van der Waals surface area (Å²) in [5, 5.41) is 0. The smallest absolute Gasteiger partial charge is 0.329 e. The second kappa shape index (κ2) is 10.5. The Morgan fingerprint density at radius 2 is 1.70 bits per heavy atom. The van der Waals surface area contributed by atoms with E-state index in [0.29, 0.717) is 30.3 Å². The molecule has 0 N–H and O–H groups in total. The average molecular weight is 518 g/mol. The van der Waals surface area contributed by atoms with Crippen molar-refractivity contribution in [3.05, 3.63) is 35.5 Å². The summed E-state index contributed by atoms with van der Waals surface area (Å²) in [7, 11) is 2.99. The molecule has 200 valence electrons. The minimum Gasteiger partial charge on any atom is -0.493 e. The first-order valence-electron chi connectivity index (χ1n) is 12.2. The SMILES string of the molecule is CCOC(=O)[C@H](Cc1ccc(OC)c(OC)c1)N1C(=O)C(=O)[C@@]2(C(=O)OCC)CC3(CC=C12)OCCO3. The molecule has 1 aromatic rings. The lowest BCUT2D eigenvalue weighted by atomic mass is 9.72. The molecular formula is C26H31NO10. The van der Waals surface area contributed by atoms with Crippen LogP contribution in [0.3, 0.4) is 0 Å². The predicted molar refractivity (Wildman–Crippen MR) is 127 cm³/mol. The van der Waals surface area contributed by atoms with Gasteiger partial charge >= 0.3 is 11.9 Å². The normalized spacial score (nSPS) is 22.9. The van der Waals surface area contributed by atoms with E-state index in [1.165, 1.54) is 14.2 Å². The maximum atomic E-state index is 13.6. The lowest BCUT2D eigenvalue weighted by molar-refractivity contribution is -0.193. The molecule has 0 bridgehead atoms. The molecule has 1 spiro atoms. The van der Waals surface area contributed by atoms with Gasteiger partial charge < -0.3 is 28.4 Å². The van der Waals surface area contributed by atoms with Crippen molar-refractivity contribution in [1.29, 1.82) is 0 Å². The molecule has 2 saturated heterocycles. The summed E-state index contributed by atoms with van der Waals surface area (Å²) in [6, 6.07) is 3.85. The number of hydrogen-bond donors (Lipinski definition) is 0. The molecule has 37 heavy (non-hydrogen) atoms. The molecule has 2 fully saturated rings. The lowest BCUT2D eigenvalue weighted by Crippen LogP contribution is -2.51. The van der Waals surface area contributed by atoms with Crippen molar-refractivity contribution in [3.63, 3.8) is 0 Å². The van der Waals surface area contributed by atoms with Gasteiger partial charge in [-0.05, 0) is 31.5 Å². The topological polar surface area (TPSA) is 127 Å². The molecule has 2 atom stereocenters. The van der Waals surface area contributed by atoms with Crippen molar-refractivity contribution >= 4 is 23.6 Å². The number of hydrogen-bond acceptors (Lipinski definition) is 10. The highest BCUT2D eigenvalue weighted by Crippen LogP contribution is 2.53. The Labute approximate surface area is 214 Å². The Bertz CT molecular complexity index is 1120. The number of ether oxygens (including phenoxy) is 6. The zero-order valence-electron chi connectivity index (χ0n) is 21.4. The van der Waals surface area contributed by atoms with Crippen LogP contribution < -0.4 is 9.47 Å². The van der Waals surface area contributed by atoms with Crippen LogP contribution in [0.15, 0.2) is 30.0 Å². The van der Waals surface area contributed by atoms with Crippen molar-refractivity contribution < 1.29 is 47.6 Å². The molecule has 1 aromatic carbocycles. The van der Waals surface area contributed by atoms with Crippen LogP contribution in [0.4, 0.5) is 0 Å². The van der Waals surface area contributed by atoms with Crippen LogP contribution in [0.5, 0.6) is 11.5 Å². The van der Waals surface area contributed by atoms with Gasteiger partial charge in [0.15, 0.2) is 22.7 Å². The monoisotopic (exact) mass is 517 g/mol. The first kappa shape index (κ1) is 26.6. The molecule has 0 radical (unpaired) electrons. The zero-order valence-corrected chi connectivity index (χ0v) is 21.4. The molecule has 3 aliphatic rings. The fourth-order valence-corrected chi connectivity index (χ4v) is 5.19. The number of ketones is 1. The fourth-order valence-electron chi connectivity index (χ4n) is 5.19. The number of amides is 1. The summed E-state index contributed by atoms with van der Waals surface area (Å²) in [4.78, 5) is 54.8. The first-order valence-corrected chi connectivity index (χ1v) is 12.2. The minimum atomic E-state index is -1.99. The van der Waals surface area contributed by atoms with Gasteiger partial charge in [-0.3, -0.25) is 19.3 Å². The fraction of sp³-hybridized carbons (Fsp3) is 0.538. The first-order chi connectivity index (χ1) is 17.8. The maximum absolute atomic E-state index is 13.6. The van der Waals surface area contributed by atoms with Gasteiger partial charge in [-0.2, -0.15) is 0 Å². The van der Waals surface area contributed by atoms with E-state index in [-0.39, 0.29) is 38.2 Å². The molecular weight excluding hydrogens is 486 g/mol. The van der Waals surface area contributed by atoms with Gasteiger partial charge in [-0.25, -0.2) is 4.79 Å². The maximum Gasteiger partial charge on any atom is 0.329 e. The van der Waals surface area contributed by atoms with E-state index in [0.717, 1.165) is 4.90 Å². The second-order valence-corrected chi connectivity index (χ2v) is 8.87. The van der Waals surface area contributed by atoms with Crippen LogP contribution >= 0.6 is 0 Å². The van der Waals surface area contributed by atoms with Crippen LogP contribution in [0.25, 0.3) is 0 Å². The highest BCUT2D eigenvalue weighted by molar-refractivity contribution is 6.46. The highest BCUT2D eigenvalue weighted by Gasteiger charge is 2.68. The number of esters is 2. The minimum absolute atomic E-state index is 0.00298. The van der Waals surface area contributed by atoms with Gasteiger partial charge in [0.05, 0.1) is 40.6 Å². The third kappa shape index (κ3) is 4.46. The Kier molecular flexibility index (Phi) is 7.56. The zero-order chi connectivity index (χ0) is 26.8. The summed E-state index contributed by atoms with van der Waals surface area (Å²) in [5.74, 6) is -3.89. The van der Waals surface area contributed by atoms with Gasteiger partial charge in [-0.1, -0.05) is 12.1 Å². The number of likely N-dealkylation sites (tertiary alicyclic amines) is 1. The summed E-state index contributed by atoms with van der Waals surface area (Å²) in [6.07, 6.45) is 1.52. The third-order valence-corrected chi connectivity index (χ3v) is 6.82. The number of carbonyl (C=O) groups is 4. The summed E-state index contributed by atoms with van der Waals surface area (Å²) >= 11 is 0. The number of nitrogens with zero attached hydrogens (tertiary/aromatic N) is 1. The van der Waals surface area contributed by atoms with Gasteiger partial charge in [-0.15, -0.1) is 0 Å². The van der Waals surface area contributed by atoms with E-state index in [4.69, 9.17) is 28.4 Å². The quantitative estimate of drug-likeness (QED) is 0.270. The van der Waals surface area contributed by atoms with Gasteiger partial charge in [0.1, 0.15) is 6.04 Å². The van der Waals surface area contributed by atoms with Crippen molar-refractivity contribution in [2.45, 2.75) is 44.9 Å². The molecule has 2 aliphatic heterocycles. The Hall–Kier alpha value is -3.44. The molecule has 1 aliphatic carbocycles. The standard InChI is InChI=1S/C26H31NO10/c1-5-34-23(30)17(13-16-7-8-18(32-3)19(14-16)33-4)27-20-9-10-25(36-11-12-37-25)15-26(20,21(28)22(27)29)24(31)35-6-2/h7-9,14,17H,5-6,10-13,15H2,1-4H3/t17-,26+/m0/s1. The van der Waals surface area contributed by atoms with Crippen LogP contribution in [0, 0.1) is 5.41 Å². The largest absolute Gasteiger partial charge is 0.493 e. The Morgan fingerprint density at radius 1 is 1.03 bits per heavy atom. The number of benzene rings is 1. The van der Waals surface area contributed by atoms with Gasteiger partial charge in [0, 0.05) is 25.0 Å². The molecule has 4 rings (SSSR count). The molecule has 1 amide bonds. The van der Waals surface area contributed by atoms with Gasteiger partial charge in [0.25, 0.3) is 5.91 Å². The van der Waals surface area contributed by atoms with Crippen molar-refractivity contribution in [2.75, 3.05) is 40.6 Å². The van der Waals surface area contributed by atoms with E-state index in [9.17, 15) is 19.2 Å². The summed E-state index contributed by atoms with van der Waals surface area (Å²) in [5.41, 5.74) is -1.28. The summed E-state index contributed by atoms with van der Waals surface area (Å²) in [6.45, 7) is 3.89. The van der Waals surface area contributed by atoms with E-state index >= 15 is 0 Å². The Morgan fingerprint density at radius 3 is 2.32 bits per heavy atom. The van der Waals surface area contributed by atoms with Crippen molar-refractivity contribution in [1.82, 2.24) is 4.90 Å². The highest BCUT2D eigenvalue weighted by atomic mass is 16.7. The molecule has 0 aromatic heterocycles. The van der Waals surface area contributed by atoms with Gasteiger partial charge in [0.2, 0.25) is 5.78 Å². The van der Waals surface area contributed by atoms with Crippen LogP contribution in [-0.4, -0.2) is 81.0 Å². The number of Topliss-reactive ketones (excluding diaryl/α,β-unsaturated/α-hetero) is 1. The van der Waals surface area contributed by atoms with Crippen LogP contribution in [0.2, 0.25) is 0 Å². The molecule has 0 unspecified atom stereocenters. The molecule has 2 heterocycles. The van der Waals surface area contributed by atoms with E-state index in [1.807, 2.05) is 0 Å².